The van der Waals surface area contributed by atoms with Crippen molar-refractivity contribution in [2.45, 2.75) is 32.6 Å². The number of hydrogen-bond donors (Lipinski definition) is 1. The van der Waals surface area contributed by atoms with Crippen LogP contribution in [-0.4, -0.2) is 37.6 Å². The van der Waals surface area contributed by atoms with Crippen LogP contribution >= 0.6 is 0 Å². The van der Waals surface area contributed by atoms with E-state index >= 15 is 0 Å². The van der Waals surface area contributed by atoms with E-state index in [9.17, 15) is 10.1 Å². The van der Waals surface area contributed by atoms with Crippen LogP contribution in [0.4, 0.5) is 11.4 Å². The molecule has 1 fully saturated rings. The van der Waals surface area contributed by atoms with Gasteiger partial charge in [0, 0.05) is 17.8 Å². The zero-order valence-corrected chi connectivity index (χ0v) is 12.9. The third-order valence-electron chi connectivity index (χ3n) is 4.28. The van der Waals surface area contributed by atoms with Crippen LogP contribution in [0.15, 0.2) is 24.3 Å². The molecule has 21 heavy (non-hydrogen) atoms. The molecular weight excluding hydrogens is 266 g/mol. The van der Waals surface area contributed by atoms with Gasteiger partial charge in [-0.3, -0.25) is 10.1 Å². The lowest BCUT2D eigenvalue weighted by Crippen LogP contribution is -3.14. The second-order valence-electron chi connectivity index (χ2n) is 5.82. The normalized spacial score (nSPS) is 16.1. The largest absolute Gasteiger partial charge is 0.360 e. The van der Waals surface area contributed by atoms with Crippen molar-refractivity contribution in [3.8, 4) is 0 Å². The second-order valence-corrected chi connectivity index (χ2v) is 5.82. The first-order valence-corrected chi connectivity index (χ1v) is 8.03. The summed E-state index contributed by atoms with van der Waals surface area (Å²) in [6.45, 7) is 7.96. The van der Waals surface area contributed by atoms with Crippen LogP contribution in [0.5, 0.6) is 0 Å². The van der Waals surface area contributed by atoms with E-state index in [0.29, 0.717) is 0 Å². The number of nitrogens with one attached hydrogen (secondary N) is 1. The number of benzene rings is 1. The molecule has 2 rings (SSSR count). The van der Waals surface area contributed by atoms with Gasteiger partial charge in [0.15, 0.2) is 0 Å². The summed E-state index contributed by atoms with van der Waals surface area (Å²) >= 11 is 0. The number of quaternary nitrogens is 1. The van der Waals surface area contributed by atoms with Gasteiger partial charge >= 0.3 is 0 Å². The fourth-order valence-electron chi connectivity index (χ4n) is 2.92. The van der Waals surface area contributed by atoms with Gasteiger partial charge in [-0.05, 0) is 25.0 Å². The SMILES string of the molecule is CCCCCC[NH+]1CCN(c2ccc([N+](=O)[O-])cc2)CC1. The highest BCUT2D eigenvalue weighted by Gasteiger charge is 2.20. The van der Waals surface area contributed by atoms with Gasteiger partial charge in [0.25, 0.3) is 5.69 Å². The zero-order chi connectivity index (χ0) is 15.1. The Morgan fingerprint density at radius 1 is 1.14 bits per heavy atom. The molecule has 116 valence electrons. The van der Waals surface area contributed by atoms with Crippen molar-refractivity contribution >= 4 is 11.4 Å². The summed E-state index contributed by atoms with van der Waals surface area (Å²) < 4.78 is 0. The summed E-state index contributed by atoms with van der Waals surface area (Å²) in [6, 6.07) is 6.92. The van der Waals surface area contributed by atoms with Gasteiger partial charge in [-0.15, -0.1) is 0 Å². The summed E-state index contributed by atoms with van der Waals surface area (Å²) in [4.78, 5) is 14.4. The Bertz CT molecular complexity index is 439. The van der Waals surface area contributed by atoms with Crippen molar-refractivity contribution in [1.29, 1.82) is 0 Å². The van der Waals surface area contributed by atoms with Crippen molar-refractivity contribution < 1.29 is 9.82 Å². The first-order chi connectivity index (χ1) is 10.2. The number of nitro benzene ring substituents is 1. The Morgan fingerprint density at radius 3 is 2.38 bits per heavy atom. The van der Waals surface area contributed by atoms with E-state index in [4.69, 9.17) is 0 Å². The van der Waals surface area contributed by atoms with Crippen molar-refractivity contribution in [3.05, 3.63) is 34.4 Å². The molecule has 0 atom stereocenters. The molecule has 0 saturated carbocycles. The number of nitrogens with zero attached hydrogens (tertiary/aromatic N) is 2. The minimum Gasteiger partial charge on any atom is -0.360 e. The van der Waals surface area contributed by atoms with Crippen LogP contribution in [0, 0.1) is 10.1 Å². The molecule has 1 aromatic rings. The highest BCUT2D eigenvalue weighted by atomic mass is 16.6. The average molecular weight is 292 g/mol. The highest BCUT2D eigenvalue weighted by molar-refractivity contribution is 5.50. The predicted octanol–water partition coefficient (Wildman–Crippen LogP) is 1.88. The Hall–Kier alpha value is -1.62. The molecule has 1 aliphatic rings. The summed E-state index contributed by atoms with van der Waals surface area (Å²) in [7, 11) is 0. The molecule has 5 heteroatoms. The van der Waals surface area contributed by atoms with Gasteiger partial charge in [0.1, 0.15) is 0 Å². The molecule has 1 aliphatic heterocycles. The molecule has 0 unspecified atom stereocenters. The number of piperazine rings is 1. The monoisotopic (exact) mass is 292 g/mol. The molecule has 5 nitrogen and oxygen atoms in total. The minimum absolute atomic E-state index is 0.166. The molecule has 0 amide bonds. The first kappa shape index (κ1) is 15.8. The lowest BCUT2D eigenvalue weighted by Gasteiger charge is -2.33. The van der Waals surface area contributed by atoms with Crippen molar-refractivity contribution in [1.82, 2.24) is 0 Å². The van der Waals surface area contributed by atoms with E-state index in [0.717, 1.165) is 18.8 Å². The number of hydrogen-bond acceptors (Lipinski definition) is 3. The Labute approximate surface area is 126 Å². The van der Waals surface area contributed by atoms with Gasteiger partial charge in [0.05, 0.1) is 37.6 Å². The molecule has 0 aromatic heterocycles. The Kier molecular flexibility index (Phi) is 5.99. The zero-order valence-electron chi connectivity index (χ0n) is 12.9. The van der Waals surface area contributed by atoms with E-state index in [1.165, 1.54) is 45.3 Å². The molecule has 0 spiro atoms. The molecular formula is C16H26N3O2+. The Morgan fingerprint density at radius 2 is 1.81 bits per heavy atom. The van der Waals surface area contributed by atoms with Crippen LogP contribution in [0.2, 0.25) is 0 Å². The van der Waals surface area contributed by atoms with Gasteiger partial charge < -0.3 is 9.80 Å². The van der Waals surface area contributed by atoms with E-state index in [1.807, 2.05) is 12.1 Å². The number of anilines is 1. The predicted molar refractivity (Wildman–Crippen MR) is 85.0 cm³/mol. The molecule has 1 N–H and O–H groups in total. The van der Waals surface area contributed by atoms with Crippen LogP contribution in [0.3, 0.4) is 0 Å². The van der Waals surface area contributed by atoms with Crippen molar-refractivity contribution in [2.75, 3.05) is 37.6 Å². The van der Waals surface area contributed by atoms with Crippen LogP contribution in [0.25, 0.3) is 0 Å². The van der Waals surface area contributed by atoms with Crippen LogP contribution < -0.4 is 9.80 Å². The van der Waals surface area contributed by atoms with E-state index in [-0.39, 0.29) is 10.6 Å². The summed E-state index contributed by atoms with van der Waals surface area (Å²) in [5.41, 5.74) is 1.27. The minimum atomic E-state index is -0.345. The average Bonchev–Trinajstić information content (AvgIpc) is 2.52. The number of unbranched alkanes of at least 4 members (excludes halogenated alkanes) is 3. The van der Waals surface area contributed by atoms with Gasteiger partial charge in [0.2, 0.25) is 0 Å². The van der Waals surface area contributed by atoms with Crippen molar-refractivity contribution in [3.63, 3.8) is 0 Å². The number of rotatable bonds is 7. The fourth-order valence-corrected chi connectivity index (χ4v) is 2.92. The smallest absolute Gasteiger partial charge is 0.269 e. The molecule has 0 radical (unpaired) electrons. The van der Waals surface area contributed by atoms with Gasteiger partial charge in [-0.25, -0.2) is 0 Å². The maximum Gasteiger partial charge on any atom is 0.269 e. The quantitative estimate of drug-likeness (QED) is 0.474. The lowest BCUT2D eigenvalue weighted by atomic mass is 10.2. The van der Waals surface area contributed by atoms with Crippen LogP contribution in [0.1, 0.15) is 32.6 Å². The van der Waals surface area contributed by atoms with E-state index in [2.05, 4.69) is 11.8 Å². The van der Waals surface area contributed by atoms with Crippen LogP contribution in [-0.2, 0) is 0 Å². The lowest BCUT2D eigenvalue weighted by molar-refractivity contribution is -0.900. The standard InChI is InChI=1S/C16H25N3O2/c1-2-3-4-5-10-17-11-13-18(14-12-17)15-6-8-16(9-7-15)19(20)21/h6-9H,2-5,10-14H2,1H3/p+1. The molecule has 1 aromatic carbocycles. The third kappa shape index (κ3) is 4.70. The van der Waals surface area contributed by atoms with Crippen molar-refractivity contribution in [2.24, 2.45) is 0 Å². The molecule has 1 saturated heterocycles. The molecule has 1 heterocycles. The van der Waals surface area contributed by atoms with E-state index in [1.54, 1.807) is 17.0 Å². The summed E-state index contributed by atoms with van der Waals surface area (Å²) in [5.74, 6) is 0. The summed E-state index contributed by atoms with van der Waals surface area (Å²) in [5, 5.41) is 10.7. The fraction of sp³-hybridized carbons (Fsp3) is 0.625. The summed E-state index contributed by atoms with van der Waals surface area (Å²) in [6.07, 6.45) is 5.33. The maximum atomic E-state index is 10.7. The van der Waals surface area contributed by atoms with Gasteiger partial charge in [-0.1, -0.05) is 19.8 Å². The second kappa shape index (κ2) is 7.98. The highest BCUT2D eigenvalue weighted by Crippen LogP contribution is 2.19. The molecule has 0 bridgehead atoms. The third-order valence-corrected chi connectivity index (χ3v) is 4.28. The Balaban J connectivity index is 1.76. The number of non-ortho nitro benzene ring substituents is 1. The number of nitro groups is 1. The molecule has 0 aliphatic carbocycles. The van der Waals surface area contributed by atoms with E-state index < -0.39 is 0 Å². The first-order valence-electron chi connectivity index (χ1n) is 8.03. The topological polar surface area (TPSA) is 50.8 Å². The van der Waals surface area contributed by atoms with Gasteiger partial charge in [-0.2, -0.15) is 0 Å². The maximum absolute atomic E-state index is 10.7.